The summed E-state index contributed by atoms with van der Waals surface area (Å²) in [6, 6.07) is 6.65. The van der Waals surface area contributed by atoms with E-state index in [2.05, 4.69) is 19.4 Å². The Morgan fingerprint density at radius 3 is 2.67 bits per heavy atom. The Labute approximate surface area is 101 Å². The number of aromatic nitrogens is 2. The van der Waals surface area contributed by atoms with Crippen LogP contribution in [0, 0.1) is 0 Å². The number of methoxy groups -OCH3 is 1. The number of rotatable bonds is 4. The van der Waals surface area contributed by atoms with Crippen LogP contribution in [0.3, 0.4) is 0 Å². The summed E-state index contributed by atoms with van der Waals surface area (Å²) in [5, 5.41) is 3.55. The molecule has 0 unspecified atom stereocenters. The van der Waals surface area contributed by atoms with Crippen molar-refractivity contribution in [3.8, 4) is 17.1 Å². The van der Waals surface area contributed by atoms with Gasteiger partial charge in [0, 0.05) is 5.56 Å². The lowest BCUT2D eigenvalue weighted by molar-refractivity contribution is -0.142. The first kappa shape index (κ1) is 11.9. The Bertz CT molecular complexity index is 584. The Balaban J connectivity index is 2.06. The number of esters is 1. The molecule has 0 bridgehead atoms. The molecule has 0 saturated carbocycles. The fourth-order valence-electron chi connectivity index (χ4n) is 1.26. The maximum atomic E-state index is 10.9. The summed E-state index contributed by atoms with van der Waals surface area (Å²) in [7, 11) is 1.29. The van der Waals surface area contributed by atoms with Gasteiger partial charge in [-0.2, -0.15) is 0 Å². The highest BCUT2D eigenvalue weighted by molar-refractivity contribution is 5.70. The van der Waals surface area contributed by atoms with Crippen LogP contribution >= 0.6 is 0 Å². The third-order valence-electron chi connectivity index (χ3n) is 2.15. The molecule has 0 radical (unpaired) electrons. The van der Waals surface area contributed by atoms with E-state index < -0.39 is 11.7 Å². The van der Waals surface area contributed by atoms with Crippen molar-refractivity contribution in [1.29, 1.82) is 0 Å². The molecule has 2 aromatic rings. The van der Waals surface area contributed by atoms with Crippen LogP contribution in [0.15, 0.2) is 33.6 Å². The van der Waals surface area contributed by atoms with Crippen LogP contribution in [0.2, 0.25) is 0 Å². The quantitative estimate of drug-likeness (QED) is 0.797. The van der Waals surface area contributed by atoms with E-state index in [-0.39, 0.29) is 6.61 Å². The zero-order valence-electron chi connectivity index (χ0n) is 9.50. The van der Waals surface area contributed by atoms with E-state index in [9.17, 15) is 9.59 Å². The van der Waals surface area contributed by atoms with E-state index in [0.717, 1.165) is 0 Å². The van der Waals surface area contributed by atoms with Crippen LogP contribution in [0.25, 0.3) is 11.4 Å². The fraction of sp³-hybridized carbons (Fsp3) is 0.182. The monoisotopic (exact) mass is 250 g/mol. The third-order valence-corrected chi connectivity index (χ3v) is 2.15. The predicted molar refractivity (Wildman–Crippen MR) is 60.1 cm³/mol. The molecule has 0 atom stereocenters. The van der Waals surface area contributed by atoms with Crippen molar-refractivity contribution in [2.45, 2.75) is 0 Å². The Hall–Kier alpha value is -2.57. The van der Waals surface area contributed by atoms with Crippen molar-refractivity contribution in [3.05, 3.63) is 34.8 Å². The van der Waals surface area contributed by atoms with Gasteiger partial charge in [0.15, 0.2) is 12.4 Å². The molecule has 94 valence electrons. The van der Waals surface area contributed by atoms with Gasteiger partial charge in [-0.1, -0.05) is 5.16 Å². The van der Waals surface area contributed by atoms with Gasteiger partial charge >= 0.3 is 11.7 Å². The molecule has 0 spiro atoms. The first-order valence-corrected chi connectivity index (χ1v) is 5.05. The van der Waals surface area contributed by atoms with Crippen molar-refractivity contribution >= 4 is 5.97 Å². The second kappa shape index (κ2) is 5.17. The molecular weight excluding hydrogens is 240 g/mol. The van der Waals surface area contributed by atoms with Gasteiger partial charge in [0.25, 0.3) is 0 Å². The number of hydrogen-bond donors (Lipinski definition) is 1. The maximum Gasteiger partial charge on any atom is 0.439 e. The highest BCUT2D eigenvalue weighted by Gasteiger charge is 2.05. The Morgan fingerprint density at radius 1 is 1.39 bits per heavy atom. The standard InChI is InChI=1S/C11H10N2O5/c1-16-9(14)6-17-8-4-2-7(3-5-8)10-12-11(15)18-13-10/h2-5H,6H2,1H3,(H,12,13,15). The van der Waals surface area contributed by atoms with Gasteiger partial charge in [-0.3, -0.25) is 9.51 Å². The van der Waals surface area contributed by atoms with Crippen molar-refractivity contribution < 1.29 is 18.8 Å². The molecule has 1 aromatic heterocycles. The number of aromatic amines is 1. The zero-order chi connectivity index (χ0) is 13.0. The van der Waals surface area contributed by atoms with Gasteiger partial charge in [-0.15, -0.1) is 0 Å². The van der Waals surface area contributed by atoms with Crippen molar-refractivity contribution in [2.24, 2.45) is 0 Å². The second-order valence-electron chi connectivity index (χ2n) is 3.33. The summed E-state index contributed by atoms with van der Waals surface area (Å²) >= 11 is 0. The molecule has 1 heterocycles. The van der Waals surface area contributed by atoms with Gasteiger partial charge in [-0.05, 0) is 24.3 Å². The molecule has 0 saturated heterocycles. The van der Waals surface area contributed by atoms with Crippen molar-refractivity contribution in [2.75, 3.05) is 13.7 Å². The Morgan fingerprint density at radius 2 is 2.11 bits per heavy atom. The smallest absolute Gasteiger partial charge is 0.439 e. The number of carbonyl (C=O) groups excluding carboxylic acids is 1. The topological polar surface area (TPSA) is 94.4 Å². The summed E-state index contributed by atoms with van der Waals surface area (Å²) in [5.41, 5.74) is 0.672. The first-order chi connectivity index (χ1) is 8.69. The molecule has 0 aliphatic carbocycles. The first-order valence-electron chi connectivity index (χ1n) is 5.05. The highest BCUT2D eigenvalue weighted by Crippen LogP contribution is 2.18. The lowest BCUT2D eigenvalue weighted by atomic mass is 10.2. The molecule has 1 N–H and O–H groups in total. The number of nitrogens with one attached hydrogen (secondary N) is 1. The minimum absolute atomic E-state index is 0.156. The molecule has 0 amide bonds. The third kappa shape index (κ3) is 2.76. The van der Waals surface area contributed by atoms with Gasteiger partial charge in [0.2, 0.25) is 0 Å². The lowest BCUT2D eigenvalue weighted by Gasteiger charge is -2.04. The second-order valence-corrected chi connectivity index (χ2v) is 3.33. The number of hydrogen-bond acceptors (Lipinski definition) is 6. The van der Waals surface area contributed by atoms with Crippen molar-refractivity contribution in [3.63, 3.8) is 0 Å². The molecule has 7 heteroatoms. The Kier molecular flexibility index (Phi) is 3.42. The summed E-state index contributed by atoms with van der Waals surface area (Å²) in [5.74, 6) is -0.231. The number of H-pyrrole nitrogens is 1. The van der Waals surface area contributed by atoms with E-state index in [0.29, 0.717) is 17.1 Å². The van der Waals surface area contributed by atoms with Crippen LogP contribution in [-0.4, -0.2) is 29.8 Å². The minimum Gasteiger partial charge on any atom is -0.482 e. The van der Waals surface area contributed by atoms with Crippen LogP contribution in [0.4, 0.5) is 0 Å². The maximum absolute atomic E-state index is 10.9. The largest absolute Gasteiger partial charge is 0.482 e. The van der Waals surface area contributed by atoms with E-state index >= 15 is 0 Å². The van der Waals surface area contributed by atoms with Crippen LogP contribution in [0.1, 0.15) is 0 Å². The summed E-state index contributed by atoms with van der Waals surface area (Å²) < 4.78 is 14.0. The lowest BCUT2D eigenvalue weighted by Crippen LogP contribution is -2.12. The molecule has 2 rings (SSSR count). The molecule has 7 nitrogen and oxygen atoms in total. The average molecular weight is 250 g/mol. The van der Waals surface area contributed by atoms with Gasteiger partial charge in [-0.25, -0.2) is 9.59 Å². The molecule has 0 fully saturated rings. The molecule has 0 aliphatic rings. The minimum atomic E-state index is -0.615. The number of carbonyl (C=O) groups is 1. The fourth-order valence-corrected chi connectivity index (χ4v) is 1.26. The summed E-state index contributed by atoms with van der Waals surface area (Å²) in [4.78, 5) is 24.1. The summed E-state index contributed by atoms with van der Waals surface area (Å²) in [6.45, 7) is -0.156. The predicted octanol–water partition coefficient (Wildman–Crippen LogP) is 0.582. The molecule has 0 aliphatic heterocycles. The van der Waals surface area contributed by atoms with E-state index in [4.69, 9.17) is 4.74 Å². The summed E-state index contributed by atoms with van der Waals surface area (Å²) in [6.07, 6.45) is 0. The number of ether oxygens (including phenoxy) is 2. The van der Waals surface area contributed by atoms with Gasteiger partial charge < -0.3 is 9.47 Å². The zero-order valence-corrected chi connectivity index (χ0v) is 9.50. The van der Waals surface area contributed by atoms with E-state index in [1.165, 1.54) is 7.11 Å². The SMILES string of the molecule is COC(=O)COc1ccc(-c2noc(=O)[nH]2)cc1. The van der Waals surface area contributed by atoms with Crippen LogP contribution < -0.4 is 10.5 Å². The van der Waals surface area contributed by atoms with Gasteiger partial charge in [0.1, 0.15) is 5.75 Å². The van der Waals surface area contributed by atoms with E-state index in [1.54, 1.807) is 24.3 Å². The molecule has 18 heavy (non-hydrogen) atoms. The molecular formula is C11H10N2O5. The average Bonchev–Trinajstić information content (AvgIpc) is 2.83. The van der Waals surface area contributed by atoms with Gasteiger partial charge in [0.05, 0.1) is 7.11 Å². The normalized spacial score (nSPS) is 10.1. The van der Waals surface area contributed by atoms with Crippen molar-refractivity contribution in [1.82, 2.24) is 10.1 Å². The number of nitrogens with zero attached hydrogens (tertiary/aromatic N) is 1. The van der Waals surface area contributed by atoms with E-state index in [1.807, 2.05) is 0 Å². The highest BCUT2D eigenvalue weighted by atomic mass is 16.6. The van der Waals surface area contributed by atoms with Crippen LogP contribution in [-0.2, 0) is 9.53 Å². The molecule has 1 aromatic carbocycles. The number of benzene rings is 1. The van der Waals surface area contributed by atoms with Crippen LogP contribution in [0.5, 0.6) is 5.75 Å².